The lowest BCUT2D eigenvalue weighted by molar-refractivity contribution is -0.131. The Balaban J connectivity index is 1.84. The third-order valence-electron chi connectivity index (χ3n) is 6.77. The molecule has 0 heterocycles. The van der Waals surface area contributed by atoms with Crippen LogP contribution in [0, 0.1) is 0 Å². The van der Waals surface area contributed by atoms with Crippen LogP contribution in [0.15, 0.2) is 48.5 Å². The van der Waals surface area contributed by atoms with Crippen molar-refractivity contribution in [2.24, 2.45) is 0 Å². The van der Waals surface area contributed by atoms with Gasteiger partial charge >= 0.3 is 5.97 Å². The van der Waals surface area contributed by atoms with Crippen molar-refractivity contribution in [3.63, 3.8) is 0 Å². The molecule has 0 radical (unpaired) electrons. The van der Waals surface area contributed by atoms with E-state index in [1.54, 1.807) is 6.08 Å². The predicted octanol–water partition coefficient (Wildman–Crippen LogP) is 7.72. The Morgan fingerprint density at radius 2 is 1.32 bits per heavy atom. The summed E-state index contributed by atoms with van der Waals surface area (Å²) in [6, 6.07) is 13.9. The number of phenolic OH excluding ortho intramolecular Hbond substituents is 1. The maximum atomic E-state index is 10.8. The Bertz CT molecular complexity index is 868. The third kappa shape index (κ3) is 6.72. The van der Waals surface area contributed by atoms with Crippen molar-refractivity contribution in [1.29, 1.82) is 0 Å². The van der Waals surface area contributed by atoms with E-state index < -0.39 is 5.97 Å². The lowest BCUT2D eigenvalue weighted by atomic mass is 9.73. The number of phenols is 1. The number of rotatable bonds is 4. The molecule has 0 aliphatic heterocycles. The summed E-state index contributed by atoms with van der Waals surface area (Å²) in [7, 11) is 0. The van der Waals surface area contributed by atoms with Gasteiger partial charge in [0.1, 0.15) is 5.75 Å². The fourth-order valence-electron chi connectivity index (χ4n) is 4.82. The lowest BCUT2D eigenvalue weighted by Gasteiger charge is -2.32. The number of aliphatic carboxylic acids is 1. The molecule has 0 atom stereocenters. The minimum atomic E-state index is -0.947. The number of carbonyl (C=O) groups is 1. The maximum Gasteiger partial charge on any atom is 0.328 e. The Morgan fingerprint density at radius 1 is 0.806 bits per heavy atom. The molecule has 1 saturated carbocycles. The van der Waals surface area contributed by atoms with Crippen LogP contribution in [0.25, 0.3) is 17.2 Å². The van der Waals surface area contributed by atoms with Crippen molar-refractivity contribution in [2.45, 2.75) is 83.0 Å². The molecule has 2 aromatic carbocycles. The van der Waals surface area contributed by atoms with Crippen molar-refractivity contribution >= 4 is 12.0 Å². The molecular formula is C28H36O3. The minimum absolute atomic E-state index is 0.0105. The van der Waals surface area contributed by atoms with E-state index in [9.17, 15) is 9.90 Å². The second-order valence-electron chi connectivity index (χ2n) is 9.27. The molecule has 2 N–H and O–H groups in total. The number of benzene rings is 2. The number of aromatic hydroxyl groups is 1. The van der Waals surface area contributed by atoms with Gasteiger partial charge in [0, 0.05) is 11.6 Å². The van der Waals surface area contributed by atoms with E-state index in [-0.39, 0.29) is 5.41 Å². The van der Waals surface area contributed by atoms with Gasteiger partial charge in [-0.15, -0.1) is 0 Å². The standard InChI is InChI=1S/C28H36O3/c1-28(19-9-7-5-3-2-4-6-8-10-20-28)25-21-24(16-17-26(25)29)23-14-11-22(12-15-23)13-18-27(30)31/h11-18,21,29H,2-10,19-20H2,1H3,(H,30,31)/b18-13+. The van der Waals surface area contributed by atoms with Crippen LogP contribution in [0.5, 0.6) is 5.75 Å². The highest BCUT2D eigenvalue weighted by Gasteiger charge is 2.29. The Labute approximate surface area is 186 Å². The number of hydrogen-bond donors (Lipinski definition) is 2. The monoisotopic (exact) mass is 420 g/mol. The van der Waals surface area contributed by atoms with Crippen molar-refractivity contribution in [2.75, 3.05) is 0 Å². The zero-order valence-electron chi connectivity index (χ0n) is 18.8. The molecular weight excluding hydrogens is 384 g/mol. The lowest BCUT2D eigenvalue weighted by Crippen LogP contribution is -2.22. The highest BCUT2D eigenvalue weighted by Crippen LogP contribution is 2.42. The van der Waals surface area contributed by atoms with Crippen LogP contribution >= 0.6 is 0 Å². The van der Waals surface area contributed by atoms with Gasteiger partial charge in [0.25, 0.3) is 0 Å². The minimum Gasteiger partial charge on any atom is -0.508 e. The quantitative estimate of drug-likeness (QED) is 0.498. The van der Waals surface area contributed by atoms with Gasteiger partial charge in [-0.1, -0.05) is 95.0 Å². The Morgan fingerprint density at radius 3 is 1.87 bits per heavy atom. The second-order valence-corrected chi connectivity index (χ2v) is 9.27. The SMILES string of the molecule is CC1(c2cc(-c3ccc(/C=C/C(=O)O)cc3)ccc2O)CCCCCCCCCCC1. The van der Waals surface area contributed by atoms with Crippen LogP contribution in [0.4, 0.5) is 0 Å². The highest BCUT2D eigenvalue weighted by atomic mass is 16.4. The molecule has 1 fully saturated rings. The largest absolute Gasteiger partial charge is 0.508 e. The average Bonchev–Trinajstić information content (AvgIpc) is 2.75. The van der Waals surface area contributed by atoms with Gasteiger partial charge in [-0.2, -0.15) is 0 Å². The first-order valence-electron chi connectivity index (χ1n) is 11.8. The summed E-state index contributed by atoms with van der Waals surface area (Å²) >= 11 is 0. The van der Waals surface area contributed by atoms with Gasteiger partial charge in [-0.3, -0.25) is 0 Å². The number of carboxylic acid groups (broad SMARTS) is 1. The average molecular weight is 421 g/mol. The summed E-state index contributed by atoms with van der Waals surface area (Å²) in [6.45, 7) is 2.33. The first-order chi connectivity index (χ1) is 15.0. The van der Waals surface area contributed by atoms with E-state index in [0.717, 1.165) is 41.2 Å². The fourth-order valence-corrected chi connectivity index (χ4v) is 4.82. The molecule has 3 rings (SSSR count). The van der Waals surface area contributed by atoms with E-state index in [0.29, 0.717) is 5.75 Å². The fraction of sp³-hybridized carbons (Fsp3) is 0.464. The summed E-state index contributed by atoms with van der Waals surface area (Å²) in [5, 5.41) is 19.6. The van der Waals surface area contributed by atoms with Gasteiger partial charge in [-0.25, -0.2) is 4.79 Å². The van der Waals surface area contributed by atoms with Crippen LogP contribution < -0.4 is 0 Å². The van der Waals surface area contributed by atoms with Crippen molar-refractivity contribution in [3.05, 3.63) is 59.7 Å². The zero-order chi connectivity index (χ0) is 22.1. The van der Waals surface area contributed by atoms with Gasteiger partial charge < -0.3 is 10.2 Å². The summed E-state index contributed by atoms with van der Waals surface area (Å²) in [4.78, 5) is 10.7. The molecule has 0 spiro atoms. The molecule has 3 nitrogen and oxygen atoms in total. The van der Waals surface area contributed by atoms with Crippen LogP contribution in [-0.4, -0.2) is 16.2 Å². The zero-order valence-corrected chi connectivity index (χ0v) is 18.8. The van der Waals surface area contributed by atoms with E-state index in [2.05, 4.69) is 13.0 Å². The molecule has 166 valence electrons. The van der Waals surface area contributed by atoms with Crippen LogP contribution in [0.2, 0.25) is 0 Å². The van der Waals surface area contributed by atoms with Crippen molar-refractivity contribution in [3.8, 4) is 16.9 Å². The summed E-state index contributed by atoms with van der Waals surface area (Å²) in [6.07, 6.45) is 16.7. The van der Waals surface area contributed by atoms with Gasteiger partial charge in [0.15, 0.2) is 0 Å². The first-order valence-corrected chi connectivity index (χ1v) is 11.8. The summed E-state index contributed by atoms with van der Waals surface area (Å²) < 4.78 is 0. The number of hydrogen-bond acceptors (Lipinski definition) is 2. The molecule has 1 aliphatic carbocycles. The third-order valence-corrected chi connectivity index (χ3v) is 6.77. The smallest absolute Gasteiger partial charge is 0.328 e. The molecule has 1 aliphatic rings. The Kier molecular flexibility index (Phi) is 8.34. The molecule has 0 amide bonds. The van der Waals surface area contributed by atoms with Crippen LogP contribution in [0.3, 0.4) is 0 Å². The second kappa shape index (κ2) is 11.2. The molecule has 31 heavy (non-hydrogen) atoms. The molecule has 0 bridgehead atoms. The van der Waals surface area contributed by atoms with E-state index >= 15 is 0 Å². The molecule has 0 aromatic heterocycles. The normalized spacial score (nSPS) is 18.2. The topological polar surface area (TPSA) is 57.5 Å². The van der Waals surface area contributed by atoms with E-state index in [1.807, 2.05) is 36.4 Å². The first kappa shape index (κ1) is 23.1. The van der Waals surface area contributed by atoms with Crippen molar-refractivity contribution in [1.82, 2.24) is 0 Å². The van der Waals surface area contributed by atoms with E-state index in [4.69, 9.17) is 5.11 Å². The van der Waals surface area contributed by atoms with Crippen LogP contribution in [-0.2, 0) is 10.2 Å². The Hall–Kier alpha value is -2.55. The summed E-state index contributed by atoms with van der Waals surface area (Å²) in [5.41, 5.74) is 4.08. The van der Waals surface area contributed by atoms with Gasteiger partial charge in [0.2, 0.25) is 0 Å². The molecule has 2 aromatic rings. The van der Waals surface area contributed by atoms with E-state index in [1.165, 1.54) is 57.8 Å². The molecule has 0 saturated heterocycles. The van der Waals surface area contributed by atoms with Gasteiger partial charge in [0.05, 0.1) is 0 Å². The van der Waals surface area contributed by atoms with Gasteiger partial charge in [-0.05, 0) is 53.2 Å². The maximum absolute atomic E-state index is 10.8. The molecule has 0 unspecified atom stereocenters. The highest BCUT2D eigenvalue weighted by molar-refractivity contribution is 5.85. The predicted molar refractivity (Wildman–Crippen MR) is 128 cm³/mol. The van der Waals surface area contributed by atoms with Crippen molar-refractivity contribution < 1.29 is 15.0 Å². The van der Waals surface area contributed by atoms with Crippen LogP contribution in [0.1, 0.15) is 88.7 Å². The number of carboxylic acids is 1. The molecule has 3 heteroatoms. The summed E-state index contributed by atoms with van der Waals surface area (Å²) in [5.74, 6) is -0.545.